The minimum absolute atomic E-state index is 0.0393. The zero-order valence-electron chi connectivity index (χ0n) is 22.8. The van der Waals surface area contributed by atoms with Crippen molar-refractivity contribution in [2.45, 2.75) is 78.0 Å². The number of benzene rings is 1. The van der Waals surface area contributed by atoms with Crippen molar-refractivity contribution in [3.8, 4) is 0 Å². The maximum Gasteiger partial charge on any atom is 0.410 e. The Morgan fingerprint density at radius 3 is 2.22 bits per heavy atom. The summed E-state index contributed by atoms with van der Waals surface area (Å²) in [5.41, 5.74) is 5.68. The van der Waals surface area contributed by atoms with Crippen molar-refractivity contribution < 1.29 is 14.3 Å². The number of fused-ring (bicyclic) bond motifs is 1. The van der Waals surface area contributed by atoms with Crippen LogP contribution in [0.15, 0.2) is 30.3 Å². The zero-order valence-corrected chi connectivity index (χ0v) is 22.8. The van der Waals surface area contributed by atoms with Crippen LogP contribution in [0.25, 0.3) is 0 Å². The smallest absolute Gasteiger partial charge is 0.410 e. The average Bonchev–Trinajstić information content (AvgIpc) is 3.24. The number of anilines is 1. The second kappa shape index (κ2) is 10.1. The quantitative estimate of drug-likeness (QED) is 0.580. The molecule has 194 valence electrons. The van der Waals surface area contributed by atoms with Crippen LogP contribution in [-0.2, 0) is 11.2 Å². The molecule has 1 aliphatic carbocycles. The van der Waals surface area contributed by atoms with Gasteiger partial charge in [0.25, 0.3) is 5.91 Å². The van der Waals surface area contributed by atoms with Crippen molar-refractivity contribution in [1.82, 2.24) is 14.8 Å². The van der Waals surface area contributed by atoms with Gasteiger partial charge < -0.3 is 19.4 Å². The first-order chi connectivity index (χ1) is 16.9. The number of hydrogen-bond acceptors (Lipinski definition) is 5. The number of aryl methyl sites for hydroxylation is 3. The van der Waals surface area contributed by atoms with Crippen LogP contribution >= 0.6 is 0 Å². The third-order valence-corrected chi connectivity index (χ3v) is 7.35. The highest BCUT2D eigenvalue weighted by Crippen LogP contribution is 2.36. The lowest BCUT2D eigenvalue weighted by atomic mass is 10.00. The maximum absolute atomic E-state index is 13.5. The van der Waals surface area contributed by atoms with Gasteiger partial charge in [-0.25, -0.2) is 4.79 Å². The molecular formula is C29H40N4O3. The van der Waals surface area contributed by atoms with E-state index in [1.54, 1.807) is 11.9 Å². The number of nitrogens with zero attached hydrogens (tertiary/aromatic N) is 4. The topological polar surface area (TPSA) is 66.0 Å². The Morgan fingerprint density at radius 1 is 0.972 bits per heavy atom. The molecule has 0 saturated carbocycles. The van der Waals surface area contributed by atoms with E-state index in [0.29, 0.717) is 5.56 Å². The van der Waals surface area contributed by atoms with E-state index < -0.39 is 5.60 Å². The molecule has 0 spiro atoms. The maximum atomic E-state index is 13.5. The van der Waals surface area contributed by atoms with Gasteiger partial charge in [-0.3, -0.25) is 9.78 Å². The summed E-state index contributed by atoms with van der Waals surface area (Å²) in [5, 5.41) is 0. The van der Waals surface area contributed by atoms with E-state index in [2.05, 4.69) is 28.1 Å². The van der Waals surface area contributed by atoms with Crippen LogP contribution in [0, 0.1) is 13.8 Å². The van der Waals surface area contributed by atoms with Crippen molar-refractivity contribution in [2.24, 2.45) is 0 Å². The van der Waals surface area contributed by atoms with Gasteiger partial charge in [0.1, 0.15) is 5.60 Å². The Bertz CT molecular complexity index is 1110. The molecule has 36 heavy (non-hydrogen) atoms. The molecule has 2 heterocycles. The van der Waals surface area contributed by atoms with Crippen LogP contribution in [0.4, 0.5) is 10.5 Å². The first-order valence-corrected chi connectivity index (χ1v) is 13.0. The number of aromatic nitrogens is 1. The summed E-state index contributed by atoms with van der Waals surface area (Å²) in [5.74, 6) is 0.0393. The standard InChI is InChI=1S/C29H40N4O3/c1-19-16-24(17-20(2)30-19)33-14-12-23(13-15-33)31(6)27(34)22-9-8-21-10-11-26(25(21)18-22)32(7)28(35)36-29(3,4)5/h8-9,16-18,23,26H,10-15H2,1-7H3. The molecule has 1 aromatic heterocycles. The Morgan fingerprint density at radius 2 is 1.61 bits per heavy atom. The van der Waals surface area contributed by atoms with Gasteiger partial charge in [0.2, 0.25) is 0 Å². The summed E-state index contributed by atoms with van der Waals surface area (Å²) in [6, 6.07) is 10.4. The number of pyridine rings is 1. The van der Waals surface area contributed by atoms with Gasteiger partial charge in [-0.2, -0.15) is 0 Å². The number of amides is 2. The molecule has 7 nitrogen and oxygen atoms in total. The Balaban J connectivity index is 1.42. The van der Waals surface area contributed by atoms with Crippen LogP contribution in [0.5, 0.6) is 0 Å². The highest BCUT2D eigenvalue weighted by atomic mass is 16.6. The largest absolute Gasteiger partial charge is 0.444 e. The molecule has 0 radical (unpaired) electrons. The Labute approximate surface area is 215 Å². The molecule has 1 fully saturated rings. The van der Waals surface area contributed by atoms with Crippen molar-refractivity contribution >= 4 is 17.7 Å². The number of piperidine rings is 1. The molecule has 1 aliphatic heterocycles. The first-order valence-electron chi connectivity index (χ1n) is 13.0. The zero-order chi connectivity index (χ0) is 26.2. The molecule has 2 amide bonds. The summed E-state index contributed by atoms with van der Waals surface area (Å²) < 4.78 is 5.58. The van der Waals surface area contributed by atoms with Gasteiger partial charge in [0.15, 0.2) is 0 Å². The lowest BCUT2D eigenvalue weighted by Crippen LogP contribution is -2.45. The van der Waals surface area contributed by atoms with Crippen molar-refractivity contribution in [3.05, 3.63) is 58.4 Å². The number of carbonyl (C=O) groups excluding carboxylic acids is 2. The Hall–Kier alpha value is -3.09. The van der Waals surface area contributed by atoms with Gasteiger partial charge in [0, 0.05) is 55.9 Å². The fourth-order valence-corrected chi connectivity index (χ4v) is 5.45. The van der Waals surface area contributed by atoms with Crippen LogP contribution in [0.3, 0.4) is 0 Å². The summed E-state index contributed by atoms with van der Waals surface area (Å²) in [6.07, 6.45) is 3.25. The van der Waals surface area contributed by atoms with Crippen molar-refractivity contribution in [2.75, 3.05) is 32.1 Å². The predicted molar refractivity (Wildman–Crippen MR) is 143 cm³/mol. The lowest BCUT2D eigenvalue weighted by molar-refractivity contribution is 0.0220. The lowest BCUT2D eigenvalue weighted by Gasteiger charge is -2.38. The summed E-state index contributed by atoms with van der Waals surface area (Å²) in [7, 11) is 3.70. The van der Waals surface area contributed by atoms with E-state index in [1.807, 2.05) is 58.7 Å². The Kier molecular flexibility index (Phi) is 7.30. The summed E-state index contributed by atoms with van der Waals surface area (Å²) in [4.78, 5) is 36.6. The van der Waals surface area contributed by atoms with E-state index in [0.717, 1.165) is 55.7 Å². The summed E-state index contributed by atoms with van der Waals surface area (Å²) in [6.45, 7) is 11.5. The third-order valence-electron chi connectivity index (χ3n) is 7.35. The molecule has 1 atom stereocenters. The van der Waals surface area contributed by atoms with Gasteiger partial charge in [0.05, 0.1) is 6.04 Å². The van der Waals surface area contributed by atoms with E-state index in [-0.39, 0.29) is 24.1 Å². The molecule has 0 bridgehead atoms. The van der Waals surface area contributed by atoms with Gasteiger partial charge in [-0.05, 0) is 95.7 Å². The van der Waals surface area contributed by atoms with Crippen LogP contribution in [0.1, 0.15) is 78.9 Å². The summed E-state index contributed by atoms with van der Waals surface area (Å²) >= 11 is 0. The van der Waals surface area contributed by atoms with Crippen LogP contribution in [0.2, 0.25) is 0 Å². The van der Waals surface area contributed by atoms with Crippen LogP contribution in [-0.4, -0.2) is 65.6 Å². The molecule has 2 aromatic rings. The van der Waals surface area contributed by atoms with E-state index in [4.69, 9.17) is 4.74 Å². The fraction of sp³-hybridized carbons (Fsp3) is 0.552. The minimum atomic E-state index is -0.544. The molecule has 1 unspecified atom stereocenters. The number of rotatable bonds is 4. The number of carbonyl (C=O) groups is 2. The number of ether oxygens (including phenoxy) is 1. The normalized spacial score (nSPS) is 18.1. The second-order valence-electron chi connectivity index (χ2n) is 11.3. The van der Waals surface area contributed by atoms with Crippen molar-refractivity contribution in [1.29, 1.82) is 0 Å². The van der Waals surface area contributed by atoms with E-state index in [9.17, 15) is 9.59 Å². The molecule has 1 saturated heterocycles. The van der Waals surface area contributed by atoms with Crippen LogP contribution < -0.4 is 4.90 Å². The molecule has 7 heteroatoms. The second-order valence-corrected chi connectivity index (χ2v) is 11.3. The highest BCUT2D eigenvalue weighted by Gasteiger charge is 2.33. The molecule has 1 aromatic carbocycles. The van der Waals surface area contributed by atoms with E-state index >= 15 is 0 Å². The third kappa shape index (κ3) is 5.66. The fourth-order valence-electron chi connectivity index (χ4n) is 5.45. The minimum Gasteiger partial charge on any atom is -0.444 e. The van der Waals surface area contributed by atoms with Gasteiger partial charge in [-0.15, -0.1) is 0 Å². The average molecular weight is 493 g/mol. The monoisotopic (exact) mass is 492 g/mol. The highest BCUT2D eigenvalue weighted by molar-refractivity contribution is 5.94. The molecule has 4 rings (SSSR count). The molecular weight excluding hydrogens is 452 g/mol. The predicted octanol–water partition coefficient (Wildman–Crippen LogP) is 5.29. The number of hydrogen-bond donors (Lipinski definition) is 0. The SMILES string of the molecule is Cc1cc(N2CCC(N(C)C(=O)c3ccc4c(c3)C(N(C)C(=O)OC(C)(C)C)CC4)CC2)cc(C)n1. The molecule has 0 N–H and O–H groups in total. The first kappa shape index (κ1) is 26.0. The van der Waals surface area contributed by atoms with E-state index in [1.165, 1.54) is 11.3 Å². The molecule has 2 aliphatic rings. The van der Waals surface area contributed by atoms with Gasteiger partial charge >= 0.3 is 6.09 Å². The van der Waals surface area contributed by atoms with Gasteiger partial charge in [-0.1, -0.05) is 6.07 Å². The van der Waals surface area contributed by atoms with Crippen molar-refractivity contribution in [3.63, 3.8) is 0 Å².